The van der Waals surface area contributed by atoms with Crippen LogP contribution in [0.25, 0.3) is 5.57 Å². The first kappa shape index (κ1) is 17.9. The summed E-state index contributed by atoms with van der Waals surface area (Å²) in [5.41, 5.74) is 8.66. The van der Waals surface area contributed by atoms with Gasteiger partial charge in [-0.05, 0) is 24.1 Å². The Balaban J connectivity index is 1.75. The fraction of sp³-hybridized carbons (Fsp3) is 0.529. The maximum atomic E-state index is 12.2. The van der Waals surface area contributed by atoms with E-state index in [1.165, 1.54) is 0 Å². The number of ether oxygens (including phenoxy) is 2. The average Bonchev–Trinajstić information content (AvgIpc) is 2.63. The number of nitrogens with two attached hydrogens (primary N) is 1. The SMILES string of the molecule is CC1=C(c2ccc(OCC(F)F)nc2)CC(N)(N2CCOCC2)C=N1. The molecular weight excluding hydrogens is 330 g/mol. The molecule has 0 bridgehead atoms. The van der Waals surface area contributed by atoms with Crippen LogP contribution in [-0.4, -0.2) is 61.1 Å². The number of allylic oxidation sites excluding steroid dienone is 1. The summed E-state index contributed by atoms with van der Waals surface area (Å²) < 4.78 is 34.7. The second-order valence-electron chi connectivity index (χ2n) is 6.18. The van der Waals surface area contributed by atoms with Crippen LogP contribution in [0.1, 0.15) is 18.9 Å². The summed E-state index contributed by atoms with van der Waals surface area (Å²) in [6, 6.07) is 3.39. The van der Waals surface area contributed by atoms with Gasteiger partial charge in [0.2, 0.25) is 5.88 Å². The van der Waals surface area contributed by atoms with E-state index in [1.807, 2.05) is 6.92 Å². The summed E-state index contributed by atoms with van der Waals surface area (Å²) in [6.07, 6.45) is 1.48. The molecule has 0 saturated carbocycles. The van der Waals surface area contributed by atoms with E-state index in [9.17, 15) is 8.78 Å². The molecule has 3 heterocycles. The van der Waals surface area contributed by atoms with E-state index in [4.69, 9.17) is 15.2 Å². The highest BCUT2D eigenvalue weighted by molar-refractivity contribution is 5.82. The lowest BCUT2D eigenvalue weighted by atomic mass is 9.91. The lowest BCUT2D eigenvalue weighted by Gasteiger charge is -2.42. The van der Waals surface area contributed by atoms with Gasteiger partial charge < -0.3 is 15.2 Å². The highest BCUT2D eigenvalue weighted by Gasteiger charge is 2.36. The zero-order valence-corrected chi connectivity index (χ0v) is 14.1. The van der Waals surface area contributed by atoms with Crippen molar-refractivity contribution in [3.05, 3.63) is 29.6 Å². The van der Waals surface area contributed by atoms with Crippen molar-refractivity contribution in [2.45, 2.75) is 25.4 Å². The fourth-order valence-electron chi connectivity index (χ4n) is 3.02. The summed E-state index contributed by atoms with van der Waals surface area (Å²) in [6.45, 7) is 4.08. The van der Waals surface area contributed by atoms with Crippen LogP contribution in [0.3, 0.4) is 0 Å². The van der Waals surface area contributed by atoms with Gasteiger partial charge in [0.1, 0.15) is 5.66 Å². The number of pyridine rings is 1. The van der Waals surface area contributed by atoms with E-state index in [0.717, 1.165) is 29.9 Å². The molecule has 1 saturated heterocycles. The molecule has 1 fully saturated rings. The summed E-state index contributed by atoms with van der Waals surface area (Å²) in [7, 11) is 0. The molecule has 6 nitrogen and oxygen atoms in total. The van der Waals surface area contributed by atoms with Crippen molar-refractivity contribution >= 4 is 11.8 Å². The van der Waals surface area contributed by atoms with Crippen LogP contribution in [0, 0.1) is 0 Å². The van der Waals surface area contributed by atoms with Gasteiger partial charge in [0.25, 0.3) is 6.43 Å². The number of morpholine rings is 1. The molecule has 0 aromatic carbocycles. The predicted octanol–water partition coefficient (Wildman–Crippen LogP) is 1.92. The molecule has 25 heavy (non-hydrogen) atoms. The van der Waals surface area contributed by atoms with Crippen LogP contribution >= 0.6 is 0 Å². The van der Waals surface area contributed by atoms with Crippen LogP contribution < -0.4 is 10.5 Å². The van der Waals surface area contributed by atoms with Gasteiger partial charge in [-0.3, -0.25) is 9.89 Å². The quantitative estimate of drug-likeness (QED) is 0.876. The van der Waals surface area contributed by atoms with Gasteiger partial charge in [-0.25, -0.2) is 13.8 Å². The van der Waals surface area contributed by atoms with Crippen molar-refractivity contribution in [2.24, 2.45) is 10.7 Å². The molecule has 0 amide bonds. The Morgan fingerprint density at radius 3 is 2.76 bits per heavy atom. The van der Waals surface area contributed by atoms with Gasteiger partial charge in [-0.15, -0.1) is 0 Å². The molecule has 1 aromatic rings. The number of nitrogens with zero attached hydrogens (tertiary/aromatic N) is 3. The van der Waals surface area contributed by atoms with E-state index >= 15 is 0 Å². The van der Waals surface area contributed by atoms with Crippen molar-refractivity contribution in [3.63, 3.8) is 0 Å². The van der Waals surface area contributed by atoms with Crippen LogP contribution in [0.2, 0.25) is 0 Å². The number of alkyl halides is 2. The zero-order valence-electron chi connectivity index (χ0n) is 14.1. The molecule has 2 aliphatic rings. The number of hydrogen-bond acceptors (Lipinski definition) is 6. The standard InChI is InChI=1S/C17H22F2N4O2/c1-12-14(13-2-3-16(21-9-13)25-10-15(18)19)8-17(20,11-22-12)23-4-6-24-7-5-23/h2-3,9,11,15H,4-8,10,20H2,1H3. The number of aliphatic imine (C=N–C) groups is 1. The topological polar surface area (TPSA) is 73.0 Å². The molecule has 1 aromatic heterocycles. The maximum absolute atomic E-state index is 12.2. The molecule has 8 heteroatoms. The maximum Gasteiger partial charge on any atom is 0.272 e. The van der Waals surface area contributed by atoms with Crippen molar-refractivity contribution in [2.75, 3.05) is 32.9 Å². The number of halogens is 2. The second kappa shape index (κ2) is 7.55. The lowest BCUT2D eigenvalue weighted by Crippen LogP contribution is -2.61. The van der Waals surface area contributed by atoms with E-state index < -0.39 is 18.7 Å². The van der Waals surface area contributed by atoms with Crippen LogP contribution in [-0.2, 0) is 4.74 Å². The van der Waals surface area contributed by atoms with Crippen molar-refractivity contribution in [1.29, 1.82) is 0 Å². The Hall–Kier alpha value is -1.90. The lowest BCUT2D eigenvalue weighted by molar-refractivity contribution is 0.00433. The first-order valence-electron chi connectivity index (χ1n) is 8.22. The molecule has 2 aliphatic heterocycles. The highest BCUT2D eigenvalue weighted by Crippen LogP contribution is 2.32. The Kier molecular flexibility index (Phi) is 5.41. The molecule has 3 rings (SSSR count). The minimum atomic E-state index is -2.52. The second-order valence-corrected chi connectivity index (χ2v) is 6.18. The van der Waals surface area contributed by atoms with Crippen molar-refractivity contribution < 1.29 is 18.3 Å². The van der Waals surface area contributed by atoms with E-state index in [0.29, 0.717) is 19.6 Å². The average molecular weight is 352 g/mol. The normalized spacial score (nSPS) is 24.8. The Labute approximate surface area is 145 Å². The van der Waals surface area contributed by atoms with E-state index in [2.05, 4.69) is 14.9 Å². The smallest absolute Gasteiger partial charge is 0.272 e. The summed E-state index contributed by atoms with van der Waals surface area (Å²) in [5, 5.41) is 0. The fourth-order valence-corrected chi connectivity index (χ4v) is 3.02. The first-order chi connectivity index (χ1) is 12.0. The van der Waals surface area contributed by atoms with Crippen LogP contribution in [0.15, 0.2) is 29.0 Å². The molecule has 0 spiro atoms. The van der Waals surface area contributed by atoms with Gasteiger partial charge in [0.05, 0.1) is 13.2 Å². The minimum Gasteiger partial charge on any atom is -0.472 e. The number of rotatable bonds is 5. The summed E-state index contributed by atoms with van der Waals surface area (Å²) in [4.78, 5) is 10.8. The van der Waals surface area contributed by atoms with Crippen molar-refractivity contribution in [1.82, 2.24) is 9.88 Å². The summed E-state index contributed by atoms with van der Waals surface area (Å²) >= 11 is 0. The monoisotopic (exact) mass is 352 g/mol. The molecule has 1 atom stereocenters. The third-order valence-electron chi connectivity index (χ3n) is 4.42. The van der Waals surface area contributed by atoms with E-state index in [1.54, 1.807) is 24.5 Å². The summed E-state index contributed by atoms with van der Waals surface area (Å²) in [5.74, 6) is 0.175. The zero-order chi connectivity index (χ0) is 17.9. The predicted molar refractivity (Wildman–Crippen MR) is 90.7 cm³/mol. The minimum absolute atomic E-state index is 0.175. The third kappa shape index (κ3) is 4.20. The Morgan fingerprint density at radius 1 is 1.36 bits per heavy atom. The Bertz CT molecular complexity index is 657. The van der Waals surface area contributed by atoms with Crippen LogP contribution in [0.4, 0.5) is 8.78 Å². The molecule has 0 radical (unpaired) electrons. The van der Waals surface area contributed by atoms with Gasteiger partial charge in [-0.1, -0.05) is 0 Å². The molecular formula is C17H22F2N4O2. The van der Waals surface area contributed by atoms with Gasteiger partial charge >= 0.3 is 0 Å². The molecule has 0 aliphatic carbocycles. The van der Waals surface area contributed by atoms with Gasteiger partial charge in [0.15, 0.2) is 6.61 Å². The van der Waals surface area contributed by atoms with Gasteiger partial charge in [-0.2, -0.15) is 0 Å². The molecule has 136 valence electrons. The first-order valence-corrected chi connectivity index (χ1v) is 8.22. The van der Waals surface area contributed by atoms with Crippen LogP contribution in [0.5, 0.6) is 5.88 Å². The van der Waals surface area contributed by atoms with Gasteiger partial charge in [0, 0.05) is 43.7 Å². The molecule has 1 unspecified atom stereocenters. The van der Waals surface area contributed by atoms with Crippen molar-refractivity contribution in [3.8, 4) is 5.88 Å². The third-order valence-corrected chi connectivity index (χ3v) is 4.42. The van der Waals surface area contributed by atoms with E-state index in [-0.39, 0.29) is 5.88 Å². The largest absolute Gasteiger partial charge is 0.472 e. The number of aromatic nitrogens is 1. The molecule has 2 N–H and O–H groups in total. The Morgan fingerprint density at radius 2 is 2.12 bits per heavy atom. The number of hydrogen-bond donors (Lipinski definition) is 1. The highest BCUT2D eigenvalue weighted by atomic mass is 19.3.